The topological polar surface area (TPSA) is 116 Å². The largest absolute Gasteiger partial charge is 0.339 e. The van der Waals surface area contributed by atoms with Crippen molar-refractivity contribution in [2.24, 2.45) is 0 Å². The van der Waals surface area contributed by atoms with Crippen LogP contribution in [0.25, 0.3) is 11.4 Å². The van der Waals surface area contributed by atoms with Crippen LogP contribution < -0.4 is 4.72 Å². The molecule has 1 N–H and O–H groups in total. The highest BCUT2D eigenvalue weighted by Gasteiger charge is 2.20. The van der Waals surface area contributed by atoms with Gasteiger partial charge in [-0.3, -0.25) is 9.71 Å². The van der Waals surface area contributed by atoms with Gasteiger partial charge in [0.2, 0.25) is 11.7 Å². The molecule has 4 rings (SSSR count). The third-order valence-corrected chi connectivity index (χ3v) is 5.69. The van der Waals surface area contributed by atoms with Gasteiger partial charge in [0.25, 0.3) is 10.0 Å². The number of aromatic nitrogens is 5. The molecule has 0 fully saturated rings. The minimum atomic E-state index is -3.84. The Morgan fingerprint density at radius 2 is 2.00 bits per heavy atom. The lowest BCUT2D eigenvalue weighted by Gasteiger charge is -2.10. The van der Waals surface area contributed by atoms with Crippen molar-refractivity contribution in [3.05, 3.63) is 72.8 Å². The van der Waals surface area contributed by atoms with E-state index in [1.165, 1.54) is 12.5 Å². The monoisotopic (exact) mass is 424 g/mol. The highest BCUT2D eigenvalue weighted by Crippen LogP contribution is 2.23. The number of benzene rings is 1. The SMILES string of the molecule is CC(C)n1cnc(S(=O)(=O)Nc2ccccc2Cc2nc(-c3cccnc3)no2)c1. The summed E-state index contributed by atoms with van der Waals surface area (Å²) in [4.78, 5) is 12.4. The fourth-order valence-corrected chi connectivity index (χ4v) is 3.85. The van der Waals surface area contributed by atoms with Crippen LogP contribution >= 0.6 is 0 Å². The molecule has 154 valence electrons. The molecule has 0 aliphatic heterocycles. The lowest BCUT2D eigenvalue weighted by molar-refractivity contribution is 0.386. The van der Waals surface area contributed by atoms with Crippen LogP contribution in [0.4, 0.5) is 5.69 Å². The second-order valence-electron chi connectivity index (χ2n) is 6.95. The standard InChI is InChI=1S/C20H20N6O3S/c1-14(2)26-12-19(22-13-26)30(27,28)25-17-8-4-3-6-15(17)10-18-23-20(24-29-18)16-7-5-9-21-11-16/h3-9,11-14,25H,10H2,1-2H3. The number of nitrogens with zero attached hydrogens (tertiary/aromatic N) is 5. The number of anilines is 1. The molecule has 0 aliphatic carbocycles. The third-order valence-electron chi connectivity index (χ3n) is 4.44. The zero-order chi connectivity index (χ0) is 21.1. The van der Waals surface area contributed by atoms with Crippen LogP contribution in [0.3, 0.4) is 0 Å². The maximum absolute atomic E-state index is 12.8. The molecule has 30 heavy (non-hydrogen) atoms. The maximum atomic E-state index is 12.8. The molecule has 0 radical (unpaired) electrons. The predicted octanol–water partition coefficient (Wildman–Crippen LogP) is 3.30. The molecule has 0 unspecified atom stereocenters. The van der Waals surface area contributed by atoms with Gasteiger partial charge in [0.15, 0.2) is 5.03 Å². The molecule has 4 aromatic rings. The van der Waals surface area contributed by atoms with E-state index in [2.05, 4.69) is 24.8 Å². The van der Waals surface area contributed by atoms with E-state index < -0.39 is 10.0 Å². The molecule has 10 heteroatoms. The van der Waals surface area contributed by atoms with E-state index in [4.69, 9.17) is 4.52 Å². The van der Waals surface area contributed by atoms with Gasteiger partial charge in [-0.15, -0.1) is 0 Å². The molecule has 0 spiro atoms. The summed E-state index contributed by atoms with van der Waals surface area (Å²) < 4.78 is 35.3. The fourth-order valence-electron chi connectivity index (χ4n) is 2.81. The Kier molecular flexibility index (Phi) is 5.32. The Morgan fingerprint density at radius 1 is 1.17 bits per heavy atom. The van der Waals surface area contributed by atoms with Crippen LogP contribution in [0.1, 0.15) is 31.3 Å². The van der Waals surface area contributed by atoms with Crippen molar-refractivity contribution in [2.45, 2.75) is 31.3 Å². The van der Waals surface area contributed by atoms with Crippen molar-refractivity contribution >= 4 is 15.7 Å². The van der Waals surface area contributed by atoms with Gasteiger partial charge in [-0.1, -0.05) is 23.4 Å². The molecular weight excluding hydrogens is 404 g/mol. The van der Waals surface area contributed by atoms with E-state index in [-0.39, 0.29) is 17.5 Å². The van der Waals surface area contributed by atoms with Gasteiger partial charge in [-0.05, 0) is 37.6 Å². The third kappa shape index (κ3) is 4.23. The average Bonchev–Trinajstić information content (AvgIpc) is 3.40. The summed E-state index contributed by atoms with van der Waals surface area (Å²) in [6, 6.07) is 10.8. The first-order valence-electron chi connectivity index (χ1n) is 9.29. The molecule has 1 aromatic carbocycles. The average molecular weight is 424 g/mol. The Hall–Kier alpha value is -3.53. The molecule has 0 saturated heterocycles. The molecule has 0 aliphatic rings. The van der Waals surface area contributed by atoms with Gasteiger partial charge < -0.3 is 9.09 Å². The van der Waals surface area contributed by atoms with Crippen LogP contribution in [0.15, 0.2) is 70.9 Å². The number of rotatable bonds is 7. The minimum Gasteiger partial charge on any atom is -0.339 e. The number of hydrogen-bond acceptors (Lipinski definition) is 7. The van der Waals surface area contributed by atoms with Crippen LogP contribution in [-0.4, -0.2) is 33.1 Å². The van der Waals surface area contributed by atoms with E-state index in [0.717, 1.165) is 5.56 Å². The van der Waals surface area contributed by atoms with E-state index >= 15 is 0 Å². The normalized spacial score (nSPS) is 11.7. The number of nitrogens with one attached hydrogen (secondary N) is 1. The number of imidazole rings is 1. The van der Waals surface area contributed by atoms with Crippen molar-refractivity contribution in [3.8, 4) is 11.4 Å². The summed E-state index contributed by atoms with van der Waals surface area (Å²) in [5.74, 6) is 0.792. The van der Waals surface area contributed by atoms with Crippen molar-refractivity contribution in [3.63, 3.8) is 0 Å². The summed E-state index contributed by atoms with van der Waals surface area (Å²) in [5.41, 5.74) is 1.87. The minimum absolute atomic E-state index is 0.0392. The molecule has 0 amide bonds. The second-order valence-corrected chi connectivity index (χ2v) is 8.57. The van der Waals surface area contributed by atoms with Gasteiger partial charge in [0.1, 0.15) is 0 Å². The zero-order valence-electron chi connectivity index (χ0n) is 16.4. The Labute approximate surface area is 173 Å². The summed E-state index contributed by atoms with van der Waals surface area (Å²) in [5, 5.41) is 3.94. The molecule has 3 heterocycles. The van der Waals surface area contributed by atoms with Crippen LogP contribution in [0.2, 0.25) is 0 Å². The first-order valence-corrected chi connectivity index (χ1v) is 10.8. The van der Waals surface area contributed by atoms with Crippen molar-refractivity contribution in [1.82, 2.24) is 24.7 Å². The summed E-state index contributed by atoms with van der Waals surface area (Å²) >= 11 is 0. The maximum Gasteiger partial charge on any atom is 0.280 e. The quantitative estimate of drug-likeness (QED) is 0.484. The molecule has 9 nitrogen and oxygen atoms in total. The molecule has 0 atom stereocenters. The Morgan fingerprint density at radius 3 is 2.73 bits per heavy atom. The van der Waals surface area contributed by atoms with Crippen LogP contribution in [0.5, 0.6) is 0 Å². The number of sulfonamides is 1. The second kappa shape index (κ2) is 8.07. The molecule has 0 bridgehead atoms. The van der Waals surface area contributed by atoms with E-state index in [1.54, 1.807) is 41.2 Å². The number of para-hydroxylation sites is 1. The number of hydrogen-bond donors (Lipinski definition) is 1. The van der Waals surface area contributed by atoms with Gasteiger partial charge in [0.05, 0.1) is 18.4 Å². The highest BCUT2D eigenvalue weighted by atomic mass is 32.2. The lowest BCUT2D eigenvalue weighted by atomic mass is 10.1. The highest BCUT2D eigenvalue weighted by molar-refractivity contribution is 7.92. The van der Waals surface area contributed by atoms with Gasteiger partial charge in [0, 0.05) is 30.2 Å². The Balaban J connectivity index is 1.56. The zero-order valence-corrected chi connectivity index (χ0v) is 17.2. The summed E-state index contributed by atoms with van der Waals surface area (Å²) in [7, 11) is -3.84. The molecular formula is C20H20N6O3S. The summed E-state index contributed by atoms with van der Waals surface area (Å²) in [6.07, 6.45) is 6.59. The van der Waals surface area contributed by atoms with Gasteiger partial charge in [-0.25, -0.2) is 4.98 Å². The predicted molar refractivity (Wildman–Crippen MR) is 110 cm³/mol. The van der Waals surface area contributed by atoms with Gasteiger partial charge in [-0.2, -0.15) is 13.4 Å². The molecule has 3 aromatic heterocycles. The van der Waals surface area contributed by atoms with E-state index in [9.17, 15) is 8.42 Å². The first-order chi connectivity index (χ1) is 14.4. The summed E-state index contributed by atoms with van der Waals surface area (Å²) in [6.45, 7) is 3.90. The van der Waals surface area contributed by atoms with Crippen molar-refractivity contribution < 1.29 is 12.9 Å². The Bertz CT molecular complexity index is 1250. The molecule has 0 saturated carbocycles. The van der Waals surface area contributed by atoms with Gasteiger partial charge >= 0.3 is 0 Å². The van der Waals surface area contributed by atoms with Crippen molar-refractivity contribution in [2.75, 3.05) is 4.72 Å². The smallest absolute Gasteiger partial charge is 0.280 e. The fraction of sp³-hybridized carbons (Fsp3) is 0.200. The van der Waals surface area contributed by atoms with Crippen LogP contribution in [-0.2, 0) is 16.4 Å². The van der Waals surface area contributed by atoms with Crippen molar-refractivity contribution in [1.29, 1.82) is 0 Å². The van der Waals surface area contributed by atoms with Crippen LogP contribution in [0, 0.1) is 0 Å². The lowest BCUT2D eigenvalue weighted by Crippen LogP contribution is -2.15. The van der Waals surface area contributed by atoms with E-state index in [1.807, 2.05) is 26.0 Å². The first kappa shape index (κ1) is 19.8. The number of pyridine rings is 1. The van der Waals surface area contributed by atoms with E-state index in [0.29, 0.717) is 23.0 Å².